The van der Waals surface area contributed by atoms with Crippen LogP contribution >= 0.6 is 0 Å². The minimum absolute atomic E-state index is 0.705. The Morgan fingerprint density at radius 3 is 2.80 bits per heavy atom. The molecule has 0 radical (unpaired) electrons. The standard InChI is InChI=1S/C15H21N3O2/c1-19-13-8-7-12(10-14(13)20-2)11-17-18-15-6-4-3-5-9-16-15/h7-8,10-11H,3-6,9H2,1-2H3,(H,16,18)/p+1/b17-11+. The van der Waals surface area contributed by atoms with Crippen LogP contribution in [-0.4, -0.2) is 32.8 Å². The van der Waals surface area contributed by atoms with Gasteiger partial charge in [0.15, 0.2) is 11.5 Å². The summed E-state index contributed by atoms with van der Waals surface area (Å²) < 4.78 is 10.5. The molecular formula is C15H22N3O2+. The van der Waals surface area contributed by atoms with Crippen molar-refractivity contribution in [2.75, 3.05) is 20.8 Å². The maximum atomic E-state index is 5.27. The zero-order valence-corrected chi connectivity index (χ0v) is 12.1. The Hall–Kier alpha value is -2.04. The van der Waals surface area contributed by atoms with Crippen LogP contribution in [0.25, 0.3) is 0 Å². The quantitative estimate of drug-likeness (QED) is 0.628. The molecule has 5 heteroatoms. The topological polar surface area (TPSA) is 56.8 Å². The molecule has 1 aliphatic rings. The number of rotatable bonds is 4. The highest BCUT2D eigenvalue weighted by Crippen LogP contribution is 2.26. The van der Waals surface area contributed by atoms with Gasteiger partial charge in [-0.25, -0.2) is 0 Å². The smallest absolute Gasteiger partial charge is 0.267 e. The van der Waals surface area contributed by atoms with Crippen LogP contribution in [0.5, 0.6) is 11.5 Å². The molecule has 0 aliphatic carbocycles. The van der Waals surface area contributed by atoms with E-state index in [1.54, 1.807) is 20.4 Å². The number of nitrogens with zero attached hydrogens (tertiary/aromatic N) is 1. The largest absolute Gasteiger partial charge is 0.493 e. The first-order valence-electron chi connectivity index (χ1n) is 6.94. The van der Waals surface area contributed by atoms with Crippen LogP contribution in [0.15, 0.2) is 23.3 Å². The molecule has 2 rings (SSSR count). The van der Waals surface area contributed by atoms with Gasteiger partial charge in [-0.2, -0.15) is 5.43 Å². The second kappa shape index (κ2) is 7.53. The summed E-state index contributed by atoms with van der Waals surface area (Å²) in [5.74, 6) is 2.52. The lowest BCUT2D eigenvalue weighted by Crippen LogP contribution is -2.75. The summed E-state index contributed by atoms with van der Waals surface area (Å²) in [5, 5.41) is 4.27. The van der Waals surface area contributed by atoms with E-state index < -0.39 is 0 Å². The average molecular weight is 276 g/mol. The molecule has 20 heavy (non-hydrogen) atoms. The molecule has 0 bridgehead atoms. The molecule has 0 spiro atoms. The summed E-state index contributed by atoms with van der Waals surface area (Å²) in [7, 11) is 3.25. The van der Waals surface area contributed by atoms with E-state index in [9.17, 15) is 0 Å². The van der Waals surface area contributed by atoms with Gasteiger partial charge in [-0.3, -0.25) is 4.99 Å². The van der Waals surface area contributed by atoms with Crippen molar-refractivity contribution in [1.29, 1.82) is 0 Å². The minimum Gasteiger partial charge on any atom is -0.493 e. The molecule has 0 fully saturated rings. The molecule has 5 nitrogen and oxygen atoms in total. The van der Waals surface area contributed by atoms with Crippen molar-refractivity contribution < 1.29 is 14.5 Å². The van der Waals surface area contributed by atoms with Crippen molar-refractivity contribution >= 4 is 12.1 Å². The van der Waals surface area contributed by atoms with Gasteiger partial charge in [-0.1, -0.05) is 5.10 Å². The third kappa shape index (κ3) is 3.98. The highest BCUT2D eigenvalue weighted by atomic mass is 16.5. The Morgan fingerprint density at radius 1 is 1.15 bits per heavy atom. The van der Waals surface area contributed by atoms with Crippen LogP contribution in [0.2, 0.25) is 0 Å². The third-order valence-electron chi connectivity index (χ3n) is 3.26. The molecule has 0 aromatic heterocycles. The van der Waals surface area contributed by atoms with Crippen molar-refractivity contribution in [1.82, 2.24) is 5.43 Å². The Labute approximate surface area is 119 Å². The molecule has 0 atom stereocenters. The van der Waals surface area contributed by atoms with E-state index in [-0.39, 0.29) is 0 Å². The van der Waals surface area contributed by atoms with Crippen molar-refractivity contribution in [3.8, 4) is 11.5 Å². The van der Waals surface area contributed by atoms with E-state index in [0.29, 0.717) is 5.75 Å². The molecule has 0 unspecified atom stereocenters. The molecule has 108 valence electrons. The van der Waals surface area contributed by atoms with Gasteiger partial charge in [0.2, 0.25) is 0 Å². The van der Waals surface area contributed by atoms with E-state index in [4.69, 9.17) is 9.47 Å². The molecule has 2 N–H and O–H groups in total. The zero-order chi connectivity index (χ0) is 14.2. The SMILES string of the molecule is COc1ccc(/C=N/NC2=[NH+]CCCCC2)cc1OC. The van der Waals surface area contributed by atoms with Crippen LogP contribution in [0.1, 0.15) is 31.2 Å². The first kappa shape index (κ1) is 14.4. The van der Waals surface area contributed by atoms with Crippen LogP contribution in [0.4, 0.5) is 0 Å². The van der Waals surface area contributed by atoms with Crippen LogP contribution in [0.3, 0.4) is 0 Å². The third-order valence-corrected chi connectivity index (χ3v) is 3.26. The minimum atomic E-state index is 0.705. The lowest BCUT2D eigenvalue weighted by molar-refractivity contribution is -0.459. The van der Waals surface area contributed by atoms with Crippen molar-refractivity contribution in [3.05, 3.63) is 23.8 Å². The number of amidine groups is 1. The Morgan fingerprint density at radius 2 is 2.00 bits per heavy atom. The molecule has 0 saturated heterocycles. The van der Waals surface area contributed by atoms with Crippen molar-refractivity contribution in [2.45, 2.75) is 25.7 Å². The molecular weight excluding hydrogens is 254 g/mol. The predicted molar refractivity (Wildman–Crippen MR) is 79.6 cm³/mol. The van der Waals surface area contributed by atoms with Gasteiger partial charge in [0.1, 0.15) is 0 Å². The molecule has 1 aliphatic heterocycles. The number of benzene rings is 1. The Kier molecular flexibility index (Phi) is 5.41. The van der Waals surface area contributed by atoms with E-state index >= 15 is 0 Å². The maximum Gasteiger partial charge on any atom is 0.267 e. The van der Waals surface area contributed by atoms with Gasteiger partial charge in [-0.15, -0.1) is 0 Å². The van der Waals surface area contributed by atoms with E-state index in [0.717, 1.165) is 30.1 Å². The molecule has 1 aromatic rings. The number of hydrazone groups is 1. The van der Waals surface area contributed by atoms with Gasteiger partial charge in [0.05, 0.1) is 33.4 Å². The zero-order valence-electron chi connectivity index (χ0n) is 12.1. The molecule has 1 aromatic carbocycles. The summed E-state index contributed by atoms with van der Waals surface area (Å²) in [6.45, 7) is 1.02. The second-order valence-electron chi connectivity index (χ2n) is 4.70. The average Bonchev–Trinajstić information content (AvgIpc) is 2.76. The lowest BCUT2D eigenvalue weighted by Gasteiger charge is -2.07. The highest BCUT2D eigenvalue weighted by molar-refractivity contribution is 5.83. The van der Waals surface area contributed by atoms with Gasteiger partial charge >= 0.3 is 0 Å². The fourth-order valence-electron chi connectivity index (χ4n) is 2.14. The summed E-state index contributed by atoms with van der Waals surface area (Å²) in [5.41, 5.74) is 4.04. The molecule has 1 heterocycles. The predicted octanol–water partition coefficient (Wildman–Crippen LogP) is 0.680. The number of ether oxygens (including phenoxy) is 2. The number of nitrogens with one attached hydrogen (secondary N) is 2. The summed E-state index contributed by atoms with van der Waals surface area (Å²) in [6.07, 6.45) is 6.52. The number of methoxy groups -OCH3 is 2. The first-order valence-corrected chi connectivity index (χ1v) is 6.94. The summed E-state index contributed by atoms with van der Waals surface area (Å²) in [6, 6.07) is 5.71. The summed E-state index contributed by atoms with van der Waals surface area (Å²) in [4.78, 5) is 3.36. The maximum absolute atomic E-state index is 5.27. The molecule has 0 saturated carbocycles. The van der Waals surface area contributed by atoms with Crippen LogP contribution < -0.4 is 19.9 Å². The van der Waals surface area contributed by atoms with Crippen LogP contribution in [-0.2, 0) is 0 Å². The van der Waals surface area contributed by atoms with Crippen LogP contribution in [0, 0.1) is 0 Å². The van der Waals surface area contributed by atoms with E-state index in [1.807, 2.05) is 18.2 Å². The second-order valence-corrected chi connectivity index (χ2v) is 4.70. The Bertz CT molecular complexity index is 498. The van der Waals surface area contributed by atoms with E-state index in [1.165, 1.54) is 19.3 Å². The van der Waals surface area contributed by atoms with Gasteiger partial charge in [-0.05, 0) is 37.5 Å². The van der Waals surface area contributed by atoms with Gasteiger partial charge < -0.3 is 9.47 Å². The van der Waals surface area contributed by atoms with Gasteiger partial charge in [0.25, 0.3) is 5.84 Å². The van der Waals surface area contributed by atoms with Crippen molar-refractivity contribution in [3.63, 3.8) is 0 Å². The summed E-state index contributed by atoms with van der Waals surface area (Å²) >= 11 is 0. The first-order chi connectivity index (χ1) is 9.83. The normalized spacial score (nSPS) is 15.6. The van der Waals surface area contributed by atoms with Crippen molar-refractivity contribution in [2.24, 2.45) is 5.10 Å². The fraction of sp³-hybridized carbons (Fsp3) is 0.467. The van der Waals surface area contributed by atoms with Gasteiger partial charge in [0, 0.05) is 5.56 Å². The molecule has 0 amide bonds. The fourth-order valence-corrected chi connectivity index (χ4v) is 2.14. The number of hydrogen-bond acceptors (Lipinski definition) is 4. The highest BCUT2D eigenvalue weighted by Gasteiger charge is 2.08. The van der Waals surface area contributed by atoms with E-state index in [2.05, 4.69) is 15.5 Å². The Balaban J connectivity index is 1.98. The number of hydrogen-bond donors (Lipinski definition) is 2. The monoisotopic (exact) mass is 276 g/mol. The lowest BCUT2D eigenvalue weighted by atomic mass is 10.2.